The van der Waals surface area contributed by atoms with Crippen LogP contribution in [-0.2, 0) is 0 Å². The van der Waals surface area contributed by atoms with Gasteiger partial charge in [-0.25, -0.2) is 4.68 Å². The van der Waals surface area contributed by atoms with Gasteiger partial charge in [-0.1, -0.05) is 17.7 Å². The number of carbonyl (C=O) groups excluding carboxylic acids is 2. The monoisotopic (exact) mass is 435 g/mol. The molecule has 0 atom stereocenters. The predicted octanol–water partition coefficient (Wildman–Crippen LogP) is 3.07. The zero-order valence-electron chi connectivity index (χ0n) is 16.7. The predicted molar refractivity (Wildman–Crippen MR) is 116 cm³/mol. The summed E-state index contributed by atoms with van der Waals surface area (Å²) >= 11 is 6.03. The molecule has 2 amide bonds. The Bertz CT molecular complexity index is 1310. The van der Waals surface area contributed by atoms with Crippen molar-refractivity contribution in [2.24, 2.45) is 5.73 Å². The fraction of sp³-hybridized carbons (Fsp3) is 0.0952. The molecular formula is C21H18ClN7O2. The van der Waals surface area contributed by atoms with E-state index in [1.807, 2.05) is 6.92 Å². The van der Waals surface area contributed by atoms with Crippen molar-refractivity contribution in [1.82, 2.24) is 24.8 Å². The number of carbonyl (C=O) groups is 2. The van der Waals surface area contributed by atoms with Gasteiger partial charge in [0, 0.05) is 16.8 Å². The number of anilines is 1. The first kappa shape index (κ1) is 20.3. The normalized spacial score (nSPS) is 10.8. The lowest BCUT2D eigenvalue weighted by molar-refractivity contribution is 0.0995. The number of nitrogens with two attached hydrogens (primary N) is 1. The van der Waals surface area contributed by atoms with Crippen LogP contribution in [-0.4, -0.2) is 36.6 Å². The number of halogens is 1. The minimum atomic E-state index is -0.609. The van der Waals surface area contributed by atoms with E-state index in [2.05, 4.69) is 20.6 Å². The highest BCUT2D eigenvalue weighted by atomic mass is 35.5. The van der Waals surface area contributed by atoms with E-state index < -0.39 is 11.8 Å². The summed E-state index contributed by atoms with van der Waals surface area (Å²) in [6, 6.07) is 11.7. The SMILES string of the molecule is Cc1cnn(-c2ccc(C(N)=O)cc2NC(=O)c2nn(-c3cccc(Cl)c3)nc2C)c1. The third-order valence-electron chi connectivity index (χ3n) is 4.52. The largest absolute Gasteiger partial charge is 0.366 e. The van der Waals surface area contributed by atoms with Crippen LogP contribution in [0.5, 0.6) is 0 Å². The molecule has 0 saturated heterocycles. The number of nitrogens with zero attached hydrogens (tertiary/aromatic N) is 5. The molecule has 156 valence electrons. The van der Waals surface area contributed by atoms with Crippen LogP contribution in [0.4, 0.5) is 5.69 Å². The second kappa shape index (κ2) is 8.04. The molecule has 10 heteroatoms. The van der Waals surface area contributed by atoms with Crippen molar-refractivity contribution < 1.29 is 9.59 Å². The summed E-state index contributed by atoms with van der Waals surface area (Å²) in [5.74, 6) is -1.10. The molecule has 0 fully saturated rings. The van der Waals surface area contributed by atoms with Gasteiger partial charge in [0.05, 0.1) is 29.0 Å². The second-order valence-corrected chi connectivity index (χ2v) is 7.35. The van der Waals surface area contributed by atoms with Gasteiger partial charge in [0.25, 0.3) is 5.91 Å². The zero-order valence-corrected chi connectivity index (χ0v) is 17.5. The molecule has 31 heavy (non-hydrogen) atoms. The zero-order chi connectivity index (χ0) is 22.1. The lowest BCUT2D eigenvalue weighted by atomic mass is 10.1. The number of hydrogen-bond acceptors (Lipinski definition) is 5. The van der Waals surface area contributed by atoms with Crippen molar-refractivity contribution in [2.45, 2.75) is 13.8 Å². The molecule has 0 bridgehead atoms. The number of amides is 2. The molecule has 2 aromatic carbocycles. The topological polar surface area (TPSA) is 121 Å². The van der Waals surface area contributed by atoms with Crippen LogP contribution in [0.25, 0.3) is 11.4 Å². The van der Waals surface area contributed by atoms with E-state index >= 15 is 0 Å². The van der Waals surface area contributed by atoms with Gasteiger partial charge in [-0.15, -0.1) is 5.10 Å². The van der Waals surface area contributed by atoms with Crippen molar-refractivity contribution in [1.29, 1.82) is 0 Å². The van der Waals surface area contributed by atoms with Gasteiger partial charge >= 0.3 is 0 Å². The first-order valence-corrected chi connectivity index (χ1v) is 9.66. The van der Waals surface area contributed by atoms with E-state index in [-0.39, 0.29) is 11.3 Å². The minimum Gasteiger partial charge on any atom is -0.366 e. The summed E-state index contributed by atoms with van der Waals surface area (Å²) in [4.78, 5) is 26.0. The van der Waals surface area contributed by atoms with Gasteiger partial charge in [0.15, 0.2) is 5.69 Å². The fourth-order valence-corrected chi connectivity index (χ4v) is 3.20. The Morgan fingerprint density at radius 3 is 2.58 bits per heavy atom. The molecule has 2 heterocycles. The molecule has 0 radical (unpaired) electrons. The summed E-state index contributed by atoms with van der Waals surface area (Å²) < 4.78 is 1.60. The van der Waals surface area contributed by atoms with E-state index in [1.54, 1.807) is 60.4 Å². The van der Waals surface area contributed by atoms with E-state index in [1.165, 1.54) is 10.9 Å². The van der Waals surface area contributed by atoms with E-state index in [9.17, 15) is 9.59 Å². The van der Waals surface area contributed by atoms with Gasteiger partial charge < -0.3 is 11.1 Å². The summed E-state index contributed by atoms with van der Waals surface area (Å²) in [6.45, 7) is 3.58. The quantitative estimate of drug-likeness (QED) is 0.499. The number of primary amides is 1. The summed E-state index contributed by atoms with van der Waals surface area (Å²) in [5.41, 5.74) is 8.73. The Hall–Kier alpha value is -3.98. The van der Waals surface area contributed by atoms with Crippen LogP contribution >= 0.6 is 11.6 Å². The maximum atomic E-state index is 13.0. The van der Waals surface area contributed by atoms with Gasteiger partial charge in [0.2, 0.25) is 5.91 Å². The summed E-state index contributed by atoms with van der Waals surface area (Å²) in [5, 5.41) is 16.2. The second-order valence-electron chi connectivity index (χ2n) is 6.92. The molecule has 0 saturated carbocycles. The molecule has 0 aliphatic heterocycles. The van der Waals surface area contributed by atoms with Crippen LogP contribution < -0.4 is 11.1 Å². The lowest BCUT2D eigenvalue weighted by Gasteiger charge is -2.12. The van der Waals surface area contributed by atoms with Gasteiger partial charge in [0.1, 0.15) is 0 Å². The average Bonchev–Trinajstić information content (AvgIpc) is 3.33. The van der Waals surface area contributed by atoms with Crippen LogP contribution in [0.2, 0.25) is 5.02 Å². The number of nitrogens with one attached hydrogen (secondary N) is 1. The van der Waals surface area contributed by atoms with Gasteiger partial charge in [-0.2, -0.15) is 15.0 Å². The molecule has 2 aromatic heterocycles. The van der Waals surface area contributed by atoms with Crippen molar-refractivity contribution in [3.63, 3.8) is 0 Å². The minimum absolute atomic E-state index is 0.132. The number of hydrogen-bond donors (Lipinski definition) is 2. The Morgan fingerprint density at radius 2 is 1.90 bits per heavy atom. The molecular weight excluding hydrogens is 418 g/mol. The number of rotatable bonds is 5. The van der Waals surface area contributed by atoms with E-state index in [0.29, 0.717) is 27.8 Å². The van der Waals surface area contributed by atoms with Crippen molar-refractivity contribution in [3.05, 3.63) is 82.4 Å². The molecule has 0 aliphatic carbocycles. The molecule has 0 unspecified atom stereocenters. The molecule has 0 spiro atoms. The highest BCUT2D eigenvalue weighted by molar-refractivity contribution is 6.30. The van der Waals surface area contributed by atoms with Crippen LogP contribution in [0.1, 0.15) is 32.1 Å². The highest BCUT2D eigenvalue weighted by Crippen LogP contribution is 2.23. The van der Waals surface area contributed by atoms with Crippen molar-refractivity contribution in [2.75, 3.05) is 5.32 Å². The van der Waals surface area contributed by atoms with Crippen LogP contribution in [0, 0.1) is 13.8 Å². The number of benzene rings is 2. The fourth-order valence-electron chi connectivity index (χ4n) is 3.02. The Kier molecular flexibility index (Phi) is 5.26. The summed E-state index contributed by atoms with van der Waals surface area (Å²) in [7, 11) is 0. The Balaban J connectivity index is 1.70. The number of aryl methyl sites for hydroxylation is 2. The van der Waals surface area contributed by atoms with Crippen LogP contribution in [0.15, 0.2) is 54.9 Å². The maximum absolute atomic E-state index is 13.0. The van der Waals surface area contributed by atoms with Gasteiger partial charge in [-0.05, 0) is 55.8 Å². The van der Waals surface area contributed by atoms with Crippen molar-refractivity contribution >= 4 is 29.1 Å². The van der Waals surface area contributed by atoms with Gasteiger partial charge in [-0.3, -0.25) is 9.59 Å². The number of aromatic nitrogens is 5. The first-order valence-electron chi connectivity index (χ1n) is 9.28. The summed E-state index contributed by atoms with van der Waals surface area (Å²) in [6.07, 6.45) is 3.49. The third-order valence-corrected chi connectivity index (χ3v) is 4.76. The van der Waals surface area contributed by atoms with E-state index in [0.717, 1.165) is 5.56 Å². The molecule has 4 rings (SSSR count). The molecule has 3 N–H and O–H groups in total. The lowest BCUT2D eigenvalue weighted by Crippen LogP contribution is -2.18. The van der Waals surface area contributed by atoms with Crippen LogP contribution in [0.3, 0.4) is 0 Å². The van der Waals surface area contributed by atoms with Crippen molar-refractivity contribution in [3.8, 4) is 11.4 Å². The Morgan fingerprint density at radius 1 is 1.10 bits per heavy atom. The Labute approximate surface area is 182 Å². The third kappa shape index (κ3) is 4.17. The standard InChI is InChI=1S/C21H18ClN7O2/c1-12-10-24-28(11-12)18-7-6-14(20(23)30)8-17(18)25-21(31)19-13(2)26-29(27-19)16-5-3-4-15(22)9-16/h3-11H,1-2H3,(H2,23,30)(H,25,31). The smallest absolute Gasteiger partial charge is 0.278 e. The van der Waals surface area contributed by atoms with E-state index in [4.69, 9.17) is 17.3 Å². The molecule has 9 nitrogen and oxygen atoms in total. The maximum Gasteiger partial charge on any atom is 0.278 e. The molecule has 0 aliphatic rings. The first-order chi connectivity index (χ1) is 14.8. The molecule has 4 aromatic rings. The highest BCUT2D eigenvalue weighted by Gasteiger charge is 2.19. The average molecular weight is 436 g/mol.